The average Bonchev–Trinajstić information content (AvgIpc) is 2.78. The van der Waals surface area contributed by atoms with Gasteiger partial charge in [-0.25, -0.2) is 0 Å². The van der Waals surface area contributed by atoms with Crippen LogP contribution < -0.4 is 0 Å². The summed E-state index contributed by atoms with van der Waals surface area (Å²) in [5, 5.41) is 11.0. The van der Waals surface area contributed by atoms with Crippen LogP contribution in [0.15, 0.2) is 0 Å². The van der Waals surface area contributed by atoms with E-state index in [1.807, 2.05) is 0 Å². The van der Waals surface area contributed by atoms with E-state index >= 15 is 0 Å². The van der Waals surface area contributed by atoms with Crippen molar-refractivity contribution in [2.24, 2.45) is 5.92 Å². The van der Waals surface area contributed by atoms with Gasteiger partial charge in [0.2, 0.25) is 0 Å². The molecule has 0 amide bonds. The van der Waals surface area contributed by atoms with Crippen molar-refractivity contribution in [1.82, 2.24) is 5.06 Å². The first-order chi connectivity index (χ1) is 8.70. The maximum atomic E-state index is 10.9. The van der Waals surface area contributed by atoms with Crippen molar-refractivity contribution >= 4 is 5.97 Å². The second-order valence-corrected chi connectivity index (χ2v) is 5.31. The van der Waals surface area contributed by atoms with Gasteiger partial charge in [-0.2, -0.15) is 5.06 Å². The van der Waals surface area contributed by atoms with Gasteiger partial charge in [-0.3, -0.25) is 9.63 Å². The lowest BCUT2D eigenvalue weighted by Gasteiger charge is -2.32. The molecule has 0 spiro atoms. The summed E-state index contributed by atoms with van der Waals surface area (Å²) in [5.74, 6) is -0.829. The molecule has 1 atom stereocenters. The quantitative estimate of drug-likeness (QED) is 0.812. The van der Waals surface area contributed by atoms with Crippen LogP contribution in [-0.4, -0.2) is 48.5 Å². The molecule has 2 fully saturated rings. The van der Waals surface area contributed by atoms with Crippen LogP contribution in [0.1, 0.15) is 38.5 Å². The molecule has 1 aliphatic carbocycles. The van der Waals surface area contributed by atoms with Crippen molar-refractivity contribution in [3.63, 3.8) is 0 Å². The van der Waals surface area contributed by atoms with Gasteiger partial charge in [-0.05, 0) is 38.5 Å². The van der Waals surface area contributed by atoms with Crippen molar-refractivity contribution in [2.75, 3.05) is 20.3 Å². The van der Waals surface area contributed by atoms with E-state index < -0.39 is 5.97 Å². The number of carbonyl (C=O) groups is 1. The molecule has 5 heteroatoms. The number of methoxy groups -OCH3 is 1. The fourth-order valence-electron chi connectivity index (χ4n) is 2.91. The topological polar surface area (TPSA) is 59.0 Å². The third-order valence-corrected chi connectivity index (χ3v) is 3.99. The Labute approximate surface area is 108 Å². The number of hydrogen-bond acceptors (Lipinski definition) is 4. The normalized spacial score (nSPS) is 33.7. The van der Waals surface area contributed by atoms with E-state index in [0.717, 1.165) is 45.1 Å². The first kappa shape index (κ1) is 13.8. The molecule has 0 aromatic rings. The van der Waals surface area contributed by atoms with Gasteiger partial charge in [0, 0.05) is 13.7 Å². The highest BCUT2D eigenvalue weighted by Crippen LogP contribution is 2.29. The third kappa shape index (κ3) is 3.43. The van der Waals surface area contributed by atoms with E-state index in [1.54, 1.807) is 7.11 Å². The molecule has 104 valence electrons. The molecule has 18 heavy (non-hydrogen) atoms. The Bertz CT molecular complexity index is 276. The van der Waals surface area contributed by atoms with Crippen molar-refractivity contribution < 1.29 is 19.5 Å². The Morgan fingerprint density at radius 1 is 1.28 bits per heavy atom. The molecule has 0 aromatic heterocycles. The highest BCUT2D eigenvalue weighted by molar-refractivity contribution is 5.70. The van der Waals surface area contributed by atoms with E-state index in [0.29, 0.717) is 12.6 Å². The smallest absolute Gasteiger partial charge is 0.306 e. The lowest BCUT2D eigenvalue weighted by molar-refractivity contribution is -0.220. The lowest BCUT2D eigenvalue weighted by atomic mass is 9.88. The number of carboxylic acid groups (broad SMARTS) is 1. The monoisotopic (exact) mass is 257 g/mol. The predicted molar refractivity (Wildman–Crippen MR) is 66.1 cm³/mol. The molecular formula is C13H23NO4. The van der Waals surface area contributed by atoms with Gasteiger partial charge in [0.15, 0.2) is 0 Å². The first-order valence-corrected chi connectivity index (χ1v) is 6.86. The molecule has 1 heterocycles. The number of carboxylic acids is 1. The van der Waals surface area contributed by atoms with Crippen LogP contribution >= 0.6 is 0 Å². The van der Waals surface area contributed by atoms with Crippen LogP contribution in [0.3, 0.4) is 0 Å². The number of aliphatic carboxylic acids is 1. The van der Waals surface area contributed by atoms with Gasteiger partial charge in [-0.1, -0.05) is 0 Å². The summed E-state index contributed by atoms with van der Waals surface area (Å²) in [6, 6.07) is 0.368. The van der Waals surface area contributed by atoms with E-state index in [1.165, 1.54) is 0 Å². The predicted octanol–water partition coefficient (Wildman–Crippen LogP) is 1.67. The van der Waals surface area contributed by atoms with E-state index in [-0.39, 0.29) is 12.0 Å². The number of hydrogen-bond donors (Lipinski definition) is 1. The minimum atomic E-state index is -0.660. The van der Waals surface area contributed by atoms with E-state index in [4.69, 9.17) is 14.7 Å². The molecule has 2 aliphatic rings. The van der Waals surface area contributed by atoms with Gasteiger partial charge in [-0.15, -0.1) is 0 Å². The number of ether oxygens (including phenoxy) is 1. The minimum Gasteiger partial charge on any atom is -0.481 e. The summed E-state index contributed by atoms with van der Waals surface area (Å²) >= 11 is 0. The molecule has 1 saturated carbocycles. The first-order valence-electron chi connectivity index (χ1n) is 6.86. The zero-order valence-electron chi connectivity index (χ0n) is 11.0. The molecule has 0 aromatic carbocycles. The van der Waals surface area contributed by atoms with Crippen molar-refractivity contribution in [1.29, 1.82) is 0 Å². The van der Waals surface area contributed by atoms with Crippen LogP contribution in [0.4, 0.5) is 0 Å². The van der Waals surface area contributed by atoms with Gasteiger partial charge in [0.25, 0.3) is 0 Å². The van der Waals surface area contributed by atoms with Gasteiger partial charge >= 0.3 is 5.97 Å². The Morgan fingerprint density at radius 3 is 2.61 bits per heavy atom. The summed E-state index contributed by atoms with van der Waals surface area (Å²) in [7, 11) is 1.72. The molecule has 1 aliphatic heterocycles. The van der Waals surface area contributed by atoms with Gasteiger partial charge < -0.3 is 9.84 Å². The molecular weight excluding hydrogens is 234 g/mol. The molecule has 2 rings (SSSR count). The summed E-state index contributed by atoms with van der Waals surface area (Å²) in [6.07, 6.45) is 5.65. The highest BCUT2D eigenvalue weighted by Gasteiger charge is 2.31. The summed E-state index contributed by atoms with van der Waals surface area (Å²) in [5.41, 5.74) is 0. The fraction of sp³-hybridized carbons (Fsp3) is 0.923. The van der Waals surface area contributed by atoms with Crippen LogP contribution in [0, 0.1) is 5.92 Å². The maximum Gasteiger partial charge on any atom is 0.306 e. The van der Waals surface area contributed by atoms with Gasteiger partial charge in [0.05, 0.1) is 24.7 Å². The SMILES string of the molecule is COCC1CCCN1OC1CCC(C(=O)O)CC1. The second-order valence-electron chi connectivity index (χ2n) is 5.31. The van der Waals surface area contributed by atoms with Crippen LogP contribution in [0.25, 0.3) is 0 Å². The number of hydroxylamine groups is 2. The van der Waals surface area contributed by atoms with Crippen molar-refractivity contribution in [2.45, 2.75) is 50.7 Å². The third-order valence-electron chi connectivity index (χ3n) is 3.99. The molecule has 1 N–H and O–H groups in total. The van der Waals surface area contributed by atoms with E-state index in [2.05, 4.69) is 5.06 Å². The summed E-state index contributed by atoms with van der Waals surface area (Å²) in [4.78, 5) is 16.9. The zero-order valence-corrected chi connectivity index (χ0v) is 11.0. The van der Waals surface area contributed by atoms with Crippen LogP contribution in [-0.2, 0) is 14.4 Å². The van der Waals surface area contributed by atoms with Crippen molar-refractivity contribution in [3.05, 3.63) is 0 Å². The number of nitrogens with zero attached hydrogens (tertiary/aromatic N) is 1. The van der Waals surface area contributed by atoms with Crippen LogP contribution in [0.2, 0.25) is 0 Å². The molecule has 0 radical (unpaired) electrons. The summed E-state index contributed by atoms with van der Waals surface area (Å²) in [6.45, 7) is 1.68. The highest BCUT2D eigenvalue weighted by atomic mass is 16.7. The molecule has 1 unspecified atom stereocenters. The van der Waals surface area contributed by atoms with Crippen LogP contribution in [0.5, 0.6) is 0 Å². The number of rotatable bonds is 5. The maximum absolute atomic E-state index is 10.9. The molecule has 1 saturated heterocycles. The Morgan fingerprint density at radius 2 is 2.00 bits per heavy atom. The van der Waals surface area contributed by atoms with Crippen molar-refractivity contribution in [3.8, 4) is 0 Å². The minimum absolute atomic E-state index is 0.168. The standard InChI is InChI=1S/C13H23NO4/c1-17-9-11-3-2-8-14(11)18-12-6-4-10(5-7-12)13(15)16/h10-12H,2-9H2,1H3,(H,15,16). The Hall–Kier alpha value is -0.650. The molecule has 0 bridgehead atoms. The zero-order chi connectivity index (χ0) is 13.0. The lowest BCUT2D eigenvalue weighted by Crippen LogP contribution is -2.38. The van der Waals surface area contributed by atoms with E-state index in [9.17, 15) is 4.79 Å². The fourth-order valence-corrected chi connectivity index (χ4v) is 2.91. The second kappa shape index (κ2) is 6.50. The Kier molecular flexibility index (Phi) is 4.97. The van der Waals surface area contributed by atoms with Gasteiger partial charge in [0.1, 0.15) is 0 Å². The average molecular weight is 257 g/mol. The summed E-state index contributed by atoms with van der Waals surface area (Å²) < 4.78 is 5.19. The Balaban J connectivity index is 1.75. The largest absolute Gasteiger partial charge is 0.481 e. The molecule has 5 nitrogen and oxygen atoms in total.